The van der Waals surface area contributed by atoms with Gasteiger partial charge in [0, 0.05) is 25.8 Å². The van der Waals surface area contributed by atoms with E-state index in [-0.39, 0.29) is 18.1 Å². The van der Waals surface area contributed by atoms with E-state index in [1.54, 1.807) is 6.20 Å². The van der Waals surface area contributed by atoms with E-state index in [0.29, 0.717) is 0 Å². The highest BCUT2D eigenvalue weighted by Crippen LogP contribution is 2.20. The van der Waals surface area contributed by atoms with Gasteiger partial charge in [0.25, 0.3) is 0 Å². The standard InChI is InChI=1S/C12H23N3O/c1-12(2,3)7-10(9-16)13-8-11-5-6-14-15(11)4/h5-6,10,13,16H,7-9H2,1-4H3. The molecule has 16 heavy (non-hydrogen) atoms. The van der Waals surface area contributed by atoms with Crippen molar-refractivity contribution >= 4 is 0 Å². The van der Waals surface area contributed by atoms with Crippen molar-refractivity contribution in [2.75, 3.05) is 6.61 Å². The largest absolute Gasteiger partial charge is 0.395 e. The minimum absolute atomic E-state index is 0.148. The van der Waals surface area contributed by atoms with E-state index in [2.05, 4.69) is 31.2 Å². The van der Waals surface area contributed by atoms with Crippen molar-refractivity contribution in [3.63, 3.8) is 0 Å². The summed E-state index contributed by atoms with van der Waals surface area (Å²) in [7, 11) is 1.93. The molecule has 0 aliphatic rings. The molecule has 4 heteroatoms. The molecule has 0 spiro atoms. The molecule has 1 heterocycles. The fourth-order valence-corrected chi connectivity index (χ4v) is 1.76. The Hall–Kier alpha value is -0.870. The monoisotopic (exact) mass is 225 g/mol. The molecule has 1 unspecified atom stereocenters. The lowest BCUT2D eigenvalue weighted by atomic mass is 9.88. The summed E-state index contributed by atoms with van der Waals surface area (Å²) in [5.41, 5.74) is 1.36. The smallest absolute Gasteiger partial charge is 0.0584 e. The zero-order chi connectivity index (χ0) is 12.2. The van der Waals surface area contributed by atoms with Crippen LogP contribution in [-0.4, -0.2) is 27.5 Å². The van der Waals surface area contributed by atoms with Crippen LogP contribution < -0.4 is 5.32 Å². The van der Waals surface area contributed by atoms with Crippen molar-refractivity contribution in [2.24, 2.45) is 12.5 Å². The lowest BCUT2D eigenvalue weighted by Gasteiger charge is -2.25. The van der Waals surface area contributed by atoms with Crippen LogP contribution in [0.4, 0.5) is 0 Å². The summed E-state index contributed by atoms with van der Waals surface area (Å²) in [5.74, 6) is 0. The molecule has 1 aromatic heterocycles. The first-order valence-electron chi connectivity index (χ1n) is 5.73. The number of nitrogens with one attached hydrogen (secondary N) is 1. The van der Waals surface area contributed by atoms with Crippen LogP contribution in [-0.2, 0) is 13.6 Å². The predicted octanol–water partition coefficient (Wildman–Crippen LogP) is 1.31. The lowest BCUT2D eigenvalue weighted by Crippen LogP contribution is -2.36. The Morgan fingerprint density at radius 1 is 1.50 bits per heavy atom. The number of hydrogen-bond donors (Lipinski definition) is 2. The van der Waals surface area contributed by atoms with Crippen molar-refractivity contribution in [2.45, 2.75) is 39.8 Å². The molecule has 0 aliphatic heterocycles. The van der Waals surface area contributed by atoms with Gasteiger partial charge >= 0.3 is 0 Å². The molecular formula is C12H23N3O. The topological polar surface area (TPSA) is 50.1 Å². The summed E-state index contributed by atoms with van der Waals surface area (Å²) in [4.78, 5) is 0. The van der Waals surface area contributed by atoms with E-state index >= 15 is 0 Å². The maximum Gasteiger partial charge on any atom is 0.0584 e. The fraction of sp³-hybridized carbons (Fsp3) is 0.750. The maximum atomic E-state index is 9.30. The number of aryl methyl sites for hydroxylation is 1. The van der Waals surface area contributed by atoms with Gasteiger partial charge in [-0.05, 0) is 17.9 Å². The molecule has 0 bridgehead atoms. The van der Waals surface area contributed by atoms with E-state index < -0.39 is 0 Å². The Balaban J connectivity index is 2.43. The molecular weight excluding hydrogens is 202 g/mol. The number of hydrogen-bond acceptors (Lipinski definition) is 3. The first kappa shape index (κ1) is 13.2. The van der Waals surface area contributed by atoms with Gasteiger partial charge in [0.05, 0.1) is 12.3 Å². The van der Waals surface area contributed by atoms with E-state index in [1.807, 2.05) is 17.8 Å². The fourth-order valence-electron chi connectivity index (χ4n) is 1.76. The molecule has 1 atom stereocenters. The van der Waals surface area contributed by atoms with Crippen LogP contribution in [0.5, 0.6) is 0 Å². The highest BCUT2D eigenvalue weighted by molar-refractivity contribution is 4.99. The number of rotatable bonds is 5. The highest BCUT2D eigenvalue weighted by atomic mass is 16.3. The third-order valence-corrected chi connectivity index (χ3v) is 2.57. The van der Waals surface area contributed by atoms with Gasteiger partial charge in [0.15, 0.2) is 0 Å². The van der Waals surface area contributed by atoms with Gasteiger partial charge in [0.1, 0.15) is 0 Å². The highest BCUT2D eigenvalue weighted by Gasteiger charge is 2.17. The van der Waals surface area contributed by atoms with E-state index in [1.165, 1.54) is 0 Å². The van der Waals surface area contributed by atoms with Crippen molar-refractivity contribution < 1.29 is 5.11 Å². The molecule has 2 N–H and O–H groups in total. The van der Waals surface area contributed by atoms with Crippen LogP contribution in [0.1, 0.15) is 32.9 Å². The number of aromatic nitrogens is 2. The normalized spacial score (nSPS) is 14.1. The van der Waals surface area contributed by atoms with Gasteiger partial charge in [0.2, 0.25) is 0 Å². The average molecular weight is 225 g/mol. The van der Waals surface area contributed by atoms with Crippen LogP contribution >= 0.6 is 0 Å². The summed E-state index contributed by atoms with van der Waals surface area (Å²) in [6.07, 6.45) is 2.75. The Morgan fingerprint density at radius 3 is 2.62 bits per heavy atom. The van der Waals surface area contributed by atoms with Crippen LogP contribution in [0.15, 0.2) is 12.3 Å². The van der Waals surface area contributed by atoms with Crippen molar-refractivity contribution in [1.82, 2.24) is 15.1 Å². The summed E-state index contributed by atoms with van der Waals surface area (Å²) >= 11 is 0. The third-order valence-electron chi connectivity index (χ3n) is 2.57. The molecule has 0 saturated heterocycles. The number of aliphatic hydroxyl groups excluding tert-OH is 1. The molecule has 1 rings (SSSR count). The molecule has 0 fully saturated rings. The second-order valence-electron chi connectivity index (χ2n) is 5.47. The SMILES string of the molecule is Cn1nccc1CNC(CO)CC(C)(C)C. The number of nitrogens with zero attached hydrogens (tertiary/aromatic N) is 2. The van der Waals surface area contributed by atoms with Crippen LogP contribution in [0.25, 0.3) is 0 Å². The average Bonchev–Trinajstić information content (AvgIpc) is 2.57. The van der Waals surface area contributed by atoms with Crippen LogP contribution in [0.2, 0.25) is 0 Å². The molecule has 0 amide bonds. The zero-order valence-electron chi connectivity index (χ0n) is 10.7. The van der Waals surface area contributed by atoms with Crippen molar-refractivity contribution in [3.8, 4) is 0 Å². The predicted molar refractivity (Wildman–Crippen MR) is 65.0 cm³/mol. The van der Waals surface area contributed by atoms with Crippen LogP contribution in [0.3, 0.4) is 0 Å². The summed E-state index contributed by atoms with van der Waals surface area (Å²) < 4.78 is 1.85. The van der Waals surface area contributed by atoms with E-state index in [9.17, 15) is 5.11 Å². The Kier molecular flexibility index (Phi) is 4.50. The molecule has 1 aromatic rings. The summed E-state index contributed by atoms with van der Waals surface area (Å²) in [6.45, 7) is 7.47. The van der Waals surface area contributed by atoms with Gasteiger partial charge in [-0.3, -0.25) is 4.68 Å². The molecule has 0 aliphatic carbocycles. The lowest BCUT2D eigenvalue weighted by molar-refractivity contribution is 0.197. The van der Waals surface area contributed by atoms with Crippen molar-refractivity contribution in [3.05, 3.63) is 18.0 Å². The van der Waals surface area contributed by atoms with Gasteiger partial charge in [-0.25, -0.2) is 0 Å². The van der Waals surface area contributed by atoms with Gasteiger partial charge < -0.3 is 10.4 Å². The van der Waals surface area contributed by atoms with E-state index in [0.717, 1.165) is 18.7 Å². The van der Waals surface area contributed by atoms with Gasteiger partial charge in [-0.1, -0.05) is 20.8 Å². The minimum Gasteiger partial charge on any atom is -0.395 e. The zero-order valence-corrected chi connectivity index (χ0v) is 10.7. The van der Waals surface area contributed by atoms with E-state index in [4.69, 9.17) is 0 Å². The Morgan fingerprint density at radius 2 is 2.19 bits per heavy atom. The summed E-state index contributed by atoms with van der Waals surface area (Å²) in [6, 6.07) is 2.13. The molecule has 0 aromatic carbocycles. The van der Waals surface area contributed by atoms with Crippen molar-refractivity contribution in [1.29, 1.82) is 0 Å². The molecule has 0 radical (unpaired) electrons. The van der Waals surface area contributed by atoms with Gasteiger partial charge in [-0.2, -0.15) is 5.10 Å². The number of aliphatic hydroxyl groups is 1. The maximum absolute atomic E-state index is 9.30. The minimum atomic E-state index is 0.148. The summed E-state index contributed by atoms with van der Waals surface area (Å²) in [5, 5.41) is 16.8. The molecule has 92 valence electrons. The van der Waals surface area contributed by atoms with Gasteiger partial charge in [-0.15, -0.1) is 0 Å². The first-order valence-corrected chi connectivity index (χ1v) is 5.73. The first-order chi connectivity index (χ1) is 7.42. The Bertz CT molecular complexity index is 314. The second-order valence-corrected chi connectivity index (χ2v) is 5.47. The molecule has 0 saturated carbocycles. The second kappa shape index (κ2) is 5.46. The van der Waals surface area contributed by atoms with Crippen LogP contribution in [0, 0.1) is 5.41 Å². The molecule has 4 nitrogen and oxygen atoms in total. The Labute approximate surface area is 97.7 Å². The third kappa shape index (κ3) is 4.33. The quantitative estimate of drug-likeness (QED) is 0.794.